The molecule has 2 aromatic rings. The van der Waals surface area contributed by atoms with E-state index < -0.39 is 0 Å². The fourth-order valence-electron chi connectivity index (χ4n) is 1.47. The first-order valence-electron chi connectivity index (χ1n) is 4.93. The van der Waals surface area contributed by atoms with Crippen LogP contribution >= 0.6 is 0 Å². The topological polar surface area (TPSA) is 62.7 Å². The second-order valence-corrected chi connectivity index (χ2v) is 3.63. The summed E-state index contributed by atoms with van der Waals surface area (Å²) in [5.74, 6) is 0.276. The van der Waals surface area contributed by atoms with Crippen molar-refractivity contribution >= 4 is 5.82 Å². The molecule has 0 aliphatic carbocycles. The highest BCUT2D eigenvalue weighted by molar-refractivity contribution is 5.67. The van der Waals surface area contributed by atoms with Gasteiger partial charge in [0.25, 0.3) is 0 Å². The van der Waals surface area contributed by atoms with E-state index in [1.54, 1.807) is 12.3 Å². The van der Waals surface area contributed by atoms with Gasteiger partial charge in [-0.05, 0) is 18.6 Å². The first kappa shape index (κ1) is 10.2. The van der Waals surface area contributed by atoms with Crippen LogP contribution in [0.25, 0.3) is 11.1 Å². The minimum absolute atomic E-state index is 0.276. The lowest BCUT2D eigenvalue weighted by Gasteiger charge is -2.03. The van der Waals surface area contributed by atoms with E-state index >= 15 is 0 Å². The number of pyridine rings is 1. The number of hydrogen-bond donors (Lipinski definition) is 1. The minimum atomic E-state index is 0.276. The molecule has 0 spiro atoms. The molecule has 3 nitrogen and oxygen atoms in total. The van der Waals surface area contributed by atoms with Gasteiger partial charge in [-0.1, -0.05) is 29.8 Å². The lowest BCUT2D eigenvalue weighted by atomic mass is 10.0. The number of hydrogen-bond acceptors (Lipinski definition) is 3. The number of aromatic nitrogens is 1. The molecule has 1 heterocycles. The third-order valence-electron chi connectivity index (χ3n) is 2.42. The fourth-order valence-corrected chi connectivity index (χ4v) is 1.47. The quantitative estimate of drug-likeness (QED) is 0.784. The molecule has 0 atom stereocenters. The second-order valence-electron chi connectivity index (χ2n) is 3.63. The van der Waals surface area contributed by atoms with Crippen LogP contribution in [0, 0.1) is 18.3 Å². The molecular formula is C13H11N3. The van der Waals surface area contributed by atoms with Crippen LogP contribution in [0.2, 0.25) is 0 Å². The zero-order valence-electron chi connectivity index (χ0n) is 8.94. The summed E-state index contributed by atoms with van der Waals surface area (Å²) in [6.45, 7) is 2.03. The maximum absolute atomic E-state index is 8.86. The van der Waals surface area contributed by atoms with Crippen LogP contribution in [-0.2, 0) is 0 Å². The summed E-state index contributed by atoms with van der Waals surface area (Å²) in [6, 6.07) is 11.8. The van der Waals surface area contributed by atoms with Crippen molar-refractivity contribution < 1.29 is 0 Å². The SMILES string of the molecule is Cc1ccc(-c2cnc(N)c(C#N)c2)cc1. The van der Waals surface area contributed by atoms with Crippen molar-refractivity contribution in [2.24, 2.45) is 0 Å². The third kappa shape index (κ3) is 1.86. The van der Waals surface area contributed by atoms with Crippen LogP contribution in [0.3, 0.4) is 0 Å². The van der Waals surface area contributed by atoms with Crippen LogP contribution in [0.1, 0.15) is 11.1 Å². The van der Waals surface area contributed by atoms with Crippen LogP contribution in [0.4, 0.5) is 5.82 Å². The Hall–Kier alpha value is -2.34. The Morgan fingerprint density at radius 1 is 1.19 bits per heavy atom. The van der Waals surface area contributed by atoms with Crippen molar-refractivity contribution in [3.05, 3.63) is 47.7 Å². The first-order valence-corrected chi connectivity index (χ1v) is 4.93. The molecule has 2 rings (SSSR count). The normalized spacial score (nSPS) is 9.75. The van der Waals surface area contributed by atoms with Gasteiger partial charge in [0.05, 0.1) is 5.56 Å². The number of nitriles is 1. The lowest BCUT2D eigenvalue weighted by Crippen LogP contribution is -1.94. The molecule has 3 heteroatoms. The first-order chi connectivity index (χ1) is 7.70. The Balaban J connectivity index is 2.49. The van der Waals surface area contributed by atoms with Gasteiger partial charge in [0, 0.05) is 11.8 Å². The molecule has 0 saturated heterocycles. The Bertz CT molecular complexity index is 550. The van der Waals surface area contributed by atoms with Gasteiger partial charge >= 0.3 is 0 Å². The Morgan fingerprint density at radius 2 is 1.88 bits per heavy atom. The van der Waals surface area contributed by atoms with E-state index in [9.17, 15) is 0 Å². The molecule has 0 fully saturated rings. The van der Waals surface area contributed by atoms with Crippen LogP contribution in [0.15, 0.2) is 36.5 Å². The van der Waals surface area contributed by atoms with E-state index in [1.807, 2.05) is 37.3 Å². The standard InChI is InChI=1S/C13H11N3/c1-9-2-4-10(5-3-9)12-6-11(7-14)13(15)16-8-12/h2-6,8H,1H3,(H2,15,16). The van der Waals surface area contributed by atoms with E-state index in [1.165, 1.54) is 5.56 Å². The average Bonchev–Trinajstić information content (AvgIpc) is 2.31. The molecule has 2 N–H and O–H groups in total. The average molecular weight is 209 g/mol. The maximum Gasteiger partial charge on any atom is 0.141 e. The molecule has 0 saturated carbocycles. The monoisotopic (exact) mass is 209 g/mol. The van der Waals surface area contributed by atoms with Crippen LogP contribution in [0.5, 0.6) is 0 Å². The zero-order valence-corrected chi connectivity index (χ0v) is 8.94. The van der Waals surface area contributed by atoms with Gasteiger partial charge in [-0.2, -0.15) is 5.26 Å². The van der Waals surface area contributed by atoms with E-state index in [2.05, 4.69) is 4.98 Å². The van der Waals surface area contributed by atoms with Gasteiger partial charge in [-0.25, -0.2) is 4.98 Å². The number of nitrogens with two attached hydrogens (primary N) is 1. The van der Waals surface area contributed by atoms with Gasteiger partial charge in [-0.15, -0.1) is 0 Å². The highest BCUT2D eigenvalue weighted by atomic mass is 14.8. The molecule has 1 aromatic heterocycles. The summed E-state index contributed by atoms with van der Waals surface area (Å²) in [5.41, 5.74) is 9.13. The molecule has 78 valence electrons. The fraction of sp³-hybridized carbons (Fsp3) is 0.0769. The molecule has 0 aliphatic rings. The maximum atomic E-state index is 8.86. The second kappa shape index (κ2) is 4.03. The zero-order chi connectivity index (χ0) is 11.5. The summed E-state index contributed by atoms with van der Waals surface area (Å²) in [4.78, 5) is 4.00. The highest BCUT2D eigenvalue weighted by Gasteiger charge is 2.03. The molecule has 1 aromatic carbocycles. The van der Waals surface area contributed by atoms with Gasteiger partial charge in [0.15, 0.2) is 0 Å². The number of benzene rings is 1. The van der Waals surface area contributed by atoms with E-state index in [0.717, 1.165) is 11.1 Å². The van der Waals surface area contributed by atoms with Gasteiger partial charge in [0.2, 0.25) is 0 Å². The summed E-state index contributed by atoms with van der Waals surface area (Å²) in [7, 11) is 0. The van der Waals surface area contributed by atoms with Crippen molar-refractivity contribution in [1.29, 1.82) is 5.26 Å². The molecule has 0 bridgehead atoms. The van der Waals surface area contributed by atoms with Crippen molar-refractivity contribution in [2.45, 2.75) is 6.92 Å². The smallest absolute Gasteiger partial charge is 0.141 e. The largest absolute Gasteiger partial charge is 0.383 e. The molecule has 0 aliphatic heterocycles. The van der Waals surface area contributed by atoms with E-state index in [0.29, 0.717) is 5.56 Å². The predicted molar refractivity (Wildman–Crippen MR) is 63.5 cm³/mol. The summed E-state index contributed by atoms with van der Waals surface area (Å²) >= 11 is 0. The van der Waals surface area contributed by atoms with Crippen molar-refractivity contribution in [3.63, 3.8) is 0 Å². The molecule has 16 heavy (non-hydrogen) atoms. The summed E-state index contributed by atoms with van der Waals surface area (Å²) in [6.07, 6.45) is 1.68. The number of rotatable bonds is 1. The van der Waals surface area contributed by atoms with Crippen molar-refractivity contribution in [3.8, 4) is 17.2 Å². The molecule has 0 radical (unpaired) electrons. The molecule has 0 unspecified atom stereocenters. The number of nitrogens with zero attached hydrogens (tertiary/aromatic N) is 2. The van der Waals surface area contributed by atoms with Crippen LogP contribution in [-0.4, -0.2) is 4.98 Å². The van der Waals surface area contributed by atoms with Gasteiger partial charge < -0.3 is 5.73 Å². The Kier molecular flexibility index (Phi) is 2.57. The highest BCUT2D eigenvalue weighted by Crippen LogP contribution is 2.21. The third-order valence-corrected chi connectivity index (χ3v) is 2.42. The predicted octanol–water partition coefficient (Wildman–Crippen LogP) is 2.51. The van der Waals surface area contributed by atoms with Gasteiger partial charge in [-0.3, -0.25) is 0 Å². The van der Waals surface area contributed by atoms with E-state index in [4.69, 9.17) is 11.0 Å². The van der Waals surface area contributed by atoms with Crippen molar-refractivity contribution in [2.75, 3.05) is 5.73 Å². The summed E-state index contributed by atoms with van der Waals surface area (Å²) < 4.78 is 0. The molecule has 0 amide bonds. The van der Waals surface area contributed by atoms with Crippen molar-refractivity contribution in [1.82, 2.24) is 4.98 Å². The van der Waals surface area contributed by atoms with Gasteiger partial charge in [0.1, 0.15) is 11.9 Å². The number of nitrogen functional groups attached to an aromatic ring is 1. The minimum Gasteiger partial charge on any atom is -0.383 e. The Labute approximate surface area is 94.2 Å². The van der Waals surface area contributed by atoms with E-state index in [-0.39, 0.29) is 5.82 Å². The number of anilines is 1. The molecular weight excluding hydrogens is 198 g/mol. The lowest BCUT2D eigenvalue weighted by molar-refractivity contribution is 1.31. The Morgan fingerprint density at radius 3 is 2.50 bits per heavy atom. The summed E-state index contributed by atoms with van der Waals surface area (Å²) in [5, 5.41) is 8.86. The number of aryl methyl sites for hydroxylation is 1. The van der Waals surface area contributed by atoms with Crippen LogP contribution < -0.4 is 5.73 Å².